The van der Waals surface area contributed by atoms with E-state index < -0.39 is 16.8 Å². The molecule has 5 rings (SSSR count). The zero-order chi connectivity index (χ0) is 28.2. The van der Waals surface area contributed by atoms with Gasteiger partial charge < -0.3 is 0 Å². The van der Waals surface area contributed by atoms with E-state index in [0.29, 0.717) is 50.7 Å². The lowest BCUT2D eigenvalue weighted by atomic mass is 10.0. The molecule has 40 heavy (non-hydrogen) atoms. The standard InChI is InChI=1S/C27H31Cl3N6O3S/c28-20-9-7-19(8-10-20)26-22(18-35(40(38)39)34-15-5-2-6-16-34)25(27(37)32-33-13-3-1-4-14-33)31-36(26)24-12-11-21(29)17-23(24)30/h7-12,17,40H,1-6,13-16,18H2,(H,32,37). The second-order valence-electron chi connectivity index (χ2n) is 9.96. The van der Waals surface area contributed by atoms with Gasteiger partial charge in [-0.1, -0.05) is 59.8 Å². The van der Waals surface area contributed by atoms with Gasteiger partial charge in [-0.05, 0) is 56.0 Å². The summed E-state index contributed by atoms with van der Waals surface area (Å²) < 4.78 is 28.1. The minimum Gasteiger partial charge on any atom is -0.283 e. The van der Waals surface area contributed by atoms with Gasteiger partial charge >= 0.3 is 0 Å². The summed E-state index contributed by atoms with van der Waals surface area (Å²) in [5.41, 5.74) is 5.34. The summed E-state index contributed by atoms with van der Waals surface area (Å²) in [4.78, 5) is 13.8. The Balaban J connectivity index is 1.68. The number of halogens is 3. The van der Waals surface area contributed by atoms with Crippen LogP contribution in [-0.2, 0) is 17.4 Å². The monoisotopic (exact) mass is 624 g/mol. The first-order chi connectivity index (χ1) is 19.3. The Morgan fingerprint density at radius 3 is 2.12 bits per heavy atom. The van der Waals surface area contributed by atoms with Gasteiger partial charge in [-0.3, -0.25) is 10.2 Å². The molecular weight excluding hydrogens is 595 g/mol. The summed E-state index contributed by atoms with van der Waals surface area (Å²) in [6.45, 7) is 2.64. The number of hydrazine groups is 2. The summed E-state index contributed by atoms with van der Waals surface area (Å²) >= 11 is 19.0. The Hall–Kier alpha value is -2.18. The van der Waals surface area contributed by atoms with Crippen LogP contribution in [0.2, 0.25) is 15.1 Å². The first-order valence-electron chi connectivity index (χ1n) is 13.4. The molecule has 2 aromatic carbocycles. The fourth-order valence-electron chi connectivity index (χ4n) is 5.23. The number of carbonyl (C=O) groups is 1. The molecule has 1 aromatic heterocycles. The van der Waals surface area contributed by atoms with Gasteiger partial charge in [0.25, 0.3) is 5.91 Å². The number of rotatable bonds is 8. The van der Waals surface area contributed by atoms with Crippen LogP contribution >= 0.6 is 34.8 Å². The Morgan fingerprint density at radius 2 is 1.50 bits per heavy atom. The summed E-state index contributed by atoms with van der Waals surface area (Å²) in [6, 6.07) is 12.1. The van der Waals surface area contributed by atoms with Gasteiger partial charge in [0.15, 0.2) is 5.69 Å². The maximum atomic E-state index is 13.8. The summed E-state index contributed by atoms with van der Waals surface area (Å²) in [5.74, 6) is -0.407. The number of piperidine rings is 2. The molecule has 2 aliphatic rings. The van der Waals surface area contributed by atoms with E-state index >= 15 is 0 Å². The van der Waals surface area contributed by atoms with E-state index in [1.807, 2.05) is 22.2 Å². The van der Waals surface area contributed by atoms with Crippen LogP contribution in [-0.4, -0.2) is 64.7 Å². The Kier molecular flexibility index (Phi) is 9.68. The van der Waals surface area contributed by atoms with Crippen molar-refractivity contribution in [1.29, 1.82) is 0 Å². The number of amides is 1. The zero-order valence-corrected chi connectivity index (χ0v) is 25.0. The predicted molar refractivity (Wildman–Crippen MR) is 158 cm³/mol. The minimum atomic E-state index is -2.98. The highest BCUT2D eigenvalue weighted by Gasteiger charge is 2.31. The molecule has 3 aromatic rings. The van der Waals surface area contributed by atoms with Crippen LogP contribution in [0.25, 0.3) is 16.9 Å². The molecule has 0 unspecified atom stereocenters. The Labute approximate surface area is 250 Å². The highest BCUT2D eigenvalue weighted by atomic mass is 35.5. The van der Waals surface area contributed by atoms with Crippen molar-refractivity contribution in [3.05, 3.63) is 68.8 Å². The molecule has 2 fully saturated rings. The van der Waals surface area contributed by atoms with Crippen LogP contribution in [0.4, 0.5) is 0 Å². The van der Waals surface area contributed by atoms with Crippen LogP contribution in [0.1, 0.15) is 54.6 Å². The number of benzene rings is 2. The number of nitrogens with zero attached hydrogens (tertiary/aromatic N) is 5. The molecule has 0 atom stereocenters. The van der Waals surface area contributed by atoms with Gasteiger partial charge in [-0.2, -0.15) is 5.10 Å². The third-order valence-electron chi connectivity index (χ3n) is 7.22. The summed E-state index contributed by atoms with van der Waals surface area (Å²) in [7, 11) is -2.98. The van der Waals surface area contributed by atoms with Gasteiger partial charge in [0.05, 0.1) is 22.9 Å². The van der Waals surface area contributed by atoms with Crippen LogP contribution in [0.15, 0.2) is 42.5 Å². The third-order valence-corrected chi connectivity index (χ3v) is 8.78. The predicted octanol–water partition coefficient (Wildman–Crippen LogP) is 5.36. The molecule has 0 radical (unpaired) electrons. The third kappa shape index (κ3) is 6.65. The van der Waals surface area contributed by atoms with E-state index in [-0.39, 0.29) is 12.2 Å². The Morgan fingerprint density at radius 1 is 0.875 bits per heavy atom. The first-order valence-corrected chi connectivity index (χ1v) is 15.6. The lowest BCUT2D eigenvalue weighted by Crippen LogP contribution is -2.46. The molecule has 0 bridgehead atoms. The largest absolute Gasteiger partial charge is 0.286 e. The molecule has 214 valence electrons. The summed E-state index contributed by atoms with van der Waals surface area (Å²) in [5, 5.41) is 9.83. The zero-order valence-electron chi connectivity index (χ0n) is 21.9. The Bertz CT molecular complexity index is 1430. The molecule has 9 nitrogen and oxygen atoms in total. The molecule has 2 aliphatic heterocycles. The van der Waals surface area contributed by atoms with Crippen LogP contribution in [0.5, 0.6) is 0 Å². The molecule has 1 amide bonds. The van der Waals surface area contributed by atoms with Crippen molar-refractivity contribution in [2.75, 3.05) is 26.2 Å². The van der Waals surface area contributed by atoms with Crippen LogP contribution in [0, 0.1) is 0 Å². The number of hydrogen-bond acceptors (Lipinski definition) is 6. The fourth-order valence-corrected chi connectivity index (χ4v) is 6.48. The van der Waals surface area contributed by atoms with E-state index in [1.54, 1.807) is 35.0 Å². The second-order valence-corrected chi connectivity index (χ2v) is 12.2. The normalized spacial score (nSPS) is 17.0. The van der Waals surface area contributed by atoms with Gasteiger partial charge in [-0.25, -0.2) is 23.1 Å². The highest BCUT2D eigenvalue weighted by Crippen LogP contribution is 2.35. The highest BCUT2D eigenvalue weighted by molar-refractivity contribution is 7.69. The van der Waals surface area contributed by atoms with Crippen molar-refractivity contribution in [1.82, 2.24) is 29.6 Å². The molecule has 0 saturated carbocycles. The van der Waals surface area contributed by atoms with E-state index in [0.717, 1.165) is 51.6 Å². The lowest BCUT2D eigenvalue weighted by Gasteiger charge is -2.33. The van der Waals surface area contributed by atoms with E-state index in [9.17, 15) is 13.2 Å². The molecule has 2 saturated heterocycles. The SMILES string of the molecule is O=C(NN1CCCCC1)c1nn(-c2ccc(Cl)cc2Cl)c(-c2ccc(Cl)cc2)c1CN(N1CCCCC1)[SH](=O)=O. The van der Waals surface area contributed by atoms with Crippen molar-refractivity contribution in [3.8, 4) is 16.9 Å². The molecule has 3 heterocycles. The maximum absolute atomic E-state index is 13.8. The maximum Gasteiger partial charge on any atom is 0.286 e. The number of thiol groups is 1. The molecule has 1 N–H and O–H groups in total. The number of hydrogen-bond donors (Lipinski definition) is 2. The van der Waals surface area contributed by atoms with E-state index in [2.05, 4.69) is 5.43 Å². The van der Waals surface area contributed by atoms with Gasteiger partial charge in [-0.15, -0.1) is 4.41 Å². The quantitative estimate of drug-likeness (QED) is 0.328. The van der Waals surface area contributed by atoms with Crippen LogP contribution < -0.4 is 5.43 Å². The second kappa shape index (κ2) is 13.2. The minimum absolute atomic E-state index is 0.0649. The van der Waals surface area contributed by atoms with Crippen molar-refractivity contribution in [2.45, 2.75) is 45.1 Å². The molecular formula is C27H31Cl3N6O3S. The number of carbonyl (C=O) groups excluding carboxylic acids is 1. The van der Waals surface area contributed by atoms with Crippen molar-refractivity contribution in [3.63, 3.8) is 0 Å². The van der Waals surface area contributed by atoms with E-state index in [4.69, 9.17) is 39.9 Å². The van der Waals surface area contributed by atoms with Crippen molar-refractivity contribution >= 4 is 51.6 Å². The molecule has 0 aliphatic carbocycles. The van der Waals surface area contributed by atoms with Crippen molar-refractivity contribution in [2.24, 2.45) is 0 Å². The number of nitrogens with one attached hydrogen (secondary N) is 1. The fraction of sp³-hybridized carbons (Fsp3) is 0.407. The van der Waals surface area contributed by atoms with Gasteiger partial charge in [0.2, 0.25) is 10.9 Å². The summed E-state index contributed by atoms with van der Waals surface area (Å²) in [6.07, 6.45) is 5.92. The van der Waals surface area contributed by atoms with Crippen LogP contribution in [0.3, 0.4) is 0 Å². The molecule has 0 spiro atoms. The first kappa shape index (κ1) is 29.3. The van der Waals surface area contributed by atoms with E-state index in [1.165, 1.54) is 4.41 Å². The lowest BCUT2D eigenvalue weighted by molar-refractivity contribution is 0.0361. The van der Waals surface area contributed by atoms with Gasteiger partial charge in [0, 0.05) is 47.4 Å². The van der Waals surface area contributed by atoms with Gasteiger partial charge in [0.1, 0.15) is 0 Å². The topological polar surface area (TPSA) is 90.8 Å². The number of aromatic nitrogens is 2. The smallest absolute Gasteiger partial charge is 0.283 e. The average molecular weight is 626 g/mol. The molecule has 13 heteroatoms. The van der Waals surface area contributed by atoms with Crippen molar-refractivity contribution < 1.29 is 13.2 Å². The average Bonchev–Trinajstić information content (AvgIpc) is 3.32.